The molecular formula is C27H28Cl3N3O5S2. The molecule has 1 aliphatic rings. The summed E-state index contributed by atoms with van der Waals surface area (Å²) in [4.78, 5) is 13.1. The number of carbonyl (C=O) groups excluding carboxylic acids is 1. The van der Waals surface area contributed by atoms with Crippen LogP contribution in [0.4, 0.5) is 0 Å². The molecule has 1 heterocycles. The molecule has 4 rings (SSSR count). The number of nitrogens with one attached hydrogen (secondary N) is 1. The molecule has 1 saturated heterocycles. The molecule has 0 spiro atoms. The predicted octanol–water partition coefficient (Wildman–Crippen LogP) is 5.33. The third-order valence-corrected chi connectivity index (χ3v) is 11.1. The molecule has 214 valence electrons. The van der Waals surface area contributed by atoms with E-state index in [-0.39, 0.29) is 27.9 Å². The number of sulfonamides is 2. The van der Waals surface area contributed by atoms with E-state index in [4.69, 9.17) is 34.8 Å². The van der Waals surface area contributed by atoms with E-state index in [0.717, 1.165) is 23.6 Å². The Morgan fingerprint density at radius 3 is 2.02 bits per heavy atom. The van der Waals surface area contributed by atoms with Gasteiger partial charge in [0.15, 0.2) is 0 Å². The molecule has 0 atom stereocenters. The highest BCUT2D eigenvalue weighted by Crippen LogP contribution is 2.26. The smallest absolute Gasteiger partial charge is 0.243 e. The van der Waals surface area contributed by atoms with Crippen molar-refractivity contribution in [2.45, 2.75) is 42.1 Å². The van der Waals surface area contributed by atoms with Crippen LogP contribution in [0.5, 0.6) is 0 Å². The fourth-order valence-corrected chi connectivity index (χ4v) is 7.76. The number of hydrogen-bond donors (Lipinski definition) is 1. The first-order valence-corrected chi connectivity index (χ1v) is 16.5. The summed E-state index contributed by atoms with van der Waals surface area (Å²) in [6.07, 6.45) is 2.71. The van der Waals surface area contributed by atoms with Crippen molar-refractivity contribution in [1.82, 2.24) is 13.9 Å². The average Bonchev–Trinajstić information content (AvgIpc) is 2.94. The third-order valence-electron chi connectivity index (χ3n) is 6.50. The van der Waals surface area contributed by atoms with Gasteiger partial charge in [-0.05, 0) is 72.5 Å². The Hall–Kier alpha value is -2.18. The van der Waals surface area contributed by atoms with Crippen LogP contribution in [0.1, 0.15) is 30.4 Å². The summed E-state index contributed by atoms with van der Waals surface area (Å²) in [5, 5.41) is 3.75. The molecule has 3 aromatic rings. The van der Waals surface area contributed by atoms with Crippen molar-refractivity contribution in [3.05, 3.63) is 92.9 Å². The molecule has 3 aromatic carbocycles. The Labute approximate surface area is 249 Å². The Morgan fingerprint density at radius 2 is 1.40 bits per heavy atom. The van der Waals surface area contributed by atoms with Crippen molar-refractivity contribution >= 4 is 60.8 Å². The molecule has 0 bridgehead atoms. The topological polar surface area (TPSA) is 104 Å². The van der Waals surface area contributed by atoms with Crippen LogP contribution in [0.25, 0.3) is 0 Å². The van der Waals surface area contributed by atoms with Gasteiger partial charge < -0.3 is 5.32 Å². The maximum absolute atomic E-state index is 13.5. The first-order valence-electron chi connectivity index (χ1n) is 12.5. The highest BCUT2D eigenvalue weighted by molar-refractivity contribution is 7.89. The summed E-state index contributed by atoms with van der Waals surface area (Å²) in [5.74, 6) is -0.548. The zero-order valence-corrected chi connectivity index (χ0v) is 25.3. The van der Waals surface area contributed by atoms with Crippen LogP contribution in [-0.4, -0.2) is 51.0 Å². The number of halogens is 3. The monoisotopic (exact) mass is 643 g/mol. The number of benzene rings is 3. The lowest BCUT2D eigenvalue weighted by Crippen LogP contribution is -2.40. The molecule has 8 nitrogen and oxygen atoms in total. The van der Waals surface area contributed by atoms with Gasteiger partial charge in [0.1, 0.15) is 0 Å². The van der Waals surface area contributed by atoms with E-state index in [0.29, 0.717) is 34.3 Å². The quantitative estimate of drug-likeness (QED) is 0.322. The van der Waals surface area contributed by atoms with Crippen molar-refractivity contribution in [1.29, 1.82) is 0 Å². The van der Waals surface area contributed by atoms with Crippen LogP contribution in [0.15, 0.2) is 76.5 Å². The third kappa shape index (κ3) is 7.55. The van der Waals surface area contributed by atoms with Crippen LogP contribution >= 0.6 is 34.8 Å². The van der Waals surface area contributed by atoms with Gasteiger partial charge in [0.2, 0.25) is 26.0 Å². The molecule has 0 saturated carbocycles. The van der Waals surface area contributed by atoms with Gasteiger partial charge >= 0.3 is 0 Å². The molecular weight excluding hydrogens is 617 g/mol. The molecule has 13 heteroatoms. The van der Waals surface area contributed by atoms with Crippen molar-refractivity contribution in [3.8, 4) is 0 Å². The second-order valence-corrected chi connectivity index (χ2v) is 14.5. The van der Waals surface area contributed by atoms with E-state index in [1.54, 1.807) is 24.3 Å². The van der Waals surface area contributed by atoms with Crippen molar-refractivity contribution < 1.29 is 21.6 Å². The number of nitrogens with zero attached hydrogens (tertiary/aromatic N) is 2. The van der Waals surface area contributed by atoms with E-state index in [9.17, 15) is 21.6 Å². The summed E-state index contributed by atoms with van der Waals surface area (Å²) in [7, 11) is -7.66. The van der Waals surface area contributed by atoms with E-state index in [2.05, 4.69) is 5.32 Å². The highest BCUT2D eigenvalue weighted by Gasteiger charge is 2.28. The molecule has 1 aliphatic heterocycles. The number of rotatable bonds is 10. The van der Waals surface area contributed by atoms with Crippen molar-refractivity contribution in [2.75, 3.05) is 19.6 Å². The lowest BCUT2D eigenvalue weighted by molar-refractivity contribution is -0.121. The first kappa shape index (κ1) is 30.8. The Bertz CT molecular complexity index is 1560. The van der Waals surface area contributed by atoms with E-state index < -0.39 is 32.5 Å². The minimum Gasteiger partial charge on any atom is -0.351 e. The normalized spacial score (nSPS) is 14.8. The van der Waals surface area contributed by atoms with Gasteiger partial charge in [0.25, 0.3) is 0 Å². The SMILES string of the molecule is O=C(CN(Cc1ccc(Cl)cc1Cl)S(=O)(=O)c1ccc(Cl)cc1)NCc1ccc(S(=O)(=O)N2CCCCC2)cc1. The van der Waals surface area contributed by atoms with Gasteiger partial charge in [0.05, 0.1) is 16.3 Å². The summed E-state index contributed by atoms with van der Waals surface area (Å²) in [6.45, 7) is 0.454. The van der Waals surface area contributed by atoms with Gasteiger partial charge in [-0.1, -0.05) is 59.4 Å². The van der Waals surface area contributed by atoms with Gasteiger partial charge in [-0.15, -0.1) is 0 Å². The minimum atomic E-state index is -4.10. The minimum absolute atomic E-state index is 0.0275. The molecule has 0 radical (unpaired) electrons. The molecule has 1 N–H and O–H groups in total. The van der Waals surface area contributed by atoms with E-state index >= 15 is 0 Å². The number of carbonyl (C=O) groups is 1. The number of hydrogen-bond acceptors (Lipinski definition) is 5. The number of amides is 1. The van der Waals surface area contributed by atoms with Crippen LogP contribution in [0.3, 0.4) is 0 Å². The van der Waals surface area contributed by atoms with Crippen LogP contribution in [0.2, 0.25) is 15.1 Å². The highest BCUT2D eigenvalue weighted by atomic mass is 35.5. The molecule has 1 fully saturated rings. The van der Waals surface area contributed by atoms with Crippen LogP contribution in [-0.2, 0) is 37.9 Å². The molecule has 1 amide bonds. The largest absolute Gasteiger partial charge is 0.351 e. The Kier molecular flexibility index (Phi) is 10.2. The lowest BCUT2D eigenvalue weighted by Gasteiger charge is -2.25. The second-order valence-electron chi connectivity index (χ2n) is 9.35. The summed E-state index contributed by atoms with van der Waals surface area (Å²) >= 11 is 18.2. The number of piperidine rings is 1. The zero-order valence-electron chi connectivity index (χ0n) is 21.4. The molecule has 0 aromatic heterocycles. The summed E-state index contributed by atoms with van der Waals surface area (Å²) in [5.41, 5.74) is 1.14. The van der Waals surface area contributed by atoms with Gasteiger partial charge in [-0.25, -0.2) is 16.8 Å². The Balaban J connectivity index is 1.46. The maximum Gasteiger partial charge on any atom is 0.243 e. The summed E-state index contributed by atoms with van der Waals surface area (Å²) in [6, 6.07) is 16.6. The van der Waals surface area contributed by atoms with E-state index in [1.165, 1.54) is 46.8 Å². The molecule has 40 heavy (non-hydrogen) atoms. The fraction of sp³-hybridized carbons (Fsp3) is 0.296. The zero-order chi connectivity index (χ0) is 28.9. The fourth-order valence-electron chi connectivity index (χ4n) is 4.27. The van der Waals surface area contributed by atoms with Gasteiger partial charge in [-0.2, -0.15) is 8.61 Å². The van der Waals surface area contributed by atoms with Gasteiger partial charge in [-0.3, -0.25) is 4.79 Å². The van der Waals surface area contributed by atoms with Gasteiger partial charge in [0, 0.05) is 41.2 Å². The Morgan fingerprint density at radius 1 is 0.800 bits per heavy atom. The van der Waals surface area contributed by atoms with Crippen LogP contribution in [0, 0.1) is 0 Å². The van der Waals surface area contributed by atoms with E-state index in [1.807, 2.05) is 0 Å². The molecule has 0 unspecified atom stereocenters. The predicted molar refractivity (Wildman–Crippen MR) is 156 cm³/mol. The maximum atomic E-state index is 13.5. The van der Waals surface area contributed by atoms with Crippen molar-refractivity contribution in [2.24, 2.45) is 0 Å². The summed E-state index contributed by atoms with van der Waals surface area (Å²) < 4.78 is 55.2. The molecule has 0 aliphatic carbocycles. The lowest BCUT2D eigenvalue weighted by atomic mass is 10.2. The average molecular weight is 645 g/mol. The second kappa shape index (κ2) is 13.2. The van der Waals surface area contributed by atoms with Crippen molar-refractivity contribution in [3.63, 3.8) is 0 Å². The standard InChI is InChI=1S/C27H28Cl3N3O5S2/c28-22-8-12-25(13-9-22)40(37,38)33(18-21-6-7-23(29)16-26(21)30)19-27(34)31-17-20-4-10-24(11-5-20)39(35,36)32-14-2-1-3-15-32/h4-13,16H,1-3,14-15,17-19H2,(H,31,34). The van der Waals surface area contributed by atoms with Crippen LogP contribution < -0.4 is 5.32 Å². The first-order chi connectivity index (χ1) is 19.0.